The maximum Gasteiger partial charge on any atom is 0.251 e. The number of amides is 1. The zero-order valence-electron chi connectivity index (χ0n) is 12.4. The van der Waals surface area contributed by atoms with Gasteiger partial charge < -0.3 is 9.73 Å². The average Bonchev–Trinajstić information content (AvgIpc) is 2.71. The molecule has 1 aromatic carbocycles. The van der Waals surface area contributed by atoms with Crippen LogP contribution in [0.3, 0.4) is 0 Å². The number of alkyl halides is 1. The Morgan fingerprint density at radius 1 is 1.24 bits per heavy atom. The van der Waals surface area contributed by atoms with E-state index in [1.807, 2.05) is 39.0 Å². The molecule has 2 aromatic rings. The molecule has 110 valence electrons. The molecular formula is C17H18ClNO2. The second-order valence-electron chi connectivity index (χ2n) is 5.54. The summed E-state index contributed by atoms with van der Waals surface area (Å²) in [5.74, 6) is 1.72. The molecule has 1 amide bonds. The molecule has 21 heavy (non-hydrogen) atoms. The molecular weight excluding hydrogens is 286 g/mol. The number of furan rings is 1. The van der Waals surface area contributed by atoms with Crippen molar-refractivity contribution in [2.75, 3.05) is 6.54 Å². The smallest absolute Gasteiger partial charge is 0.251 e. The number of nitrogens with one attached hydrogen (secondary N) is 1. The Morgan fingerprint density at radius 2 is 2.00 bits per heavy atom. The molecule has 1 aromatic heterocycles. The van der Waals surface area contributed by atoms with Gasteiger partial charge in [0.25, 0.3) is 5.91 Å². The number of carbonyl (C=O) groups excluding carboxylic acids is 1. The highest BCUT2D eigenvalue weighted by Crippen LogP contribution is 2.36. The van der Waals surface area contributed by atoms with E-state index in [9.17, 15) is 4.79 Å². The van der Waals surface area contributed by atoms with E-state index in [1.54, 1.807) is 0 Å². The molecule has 3 nitrogen and oxygen atoms in total. The fraction of sp³-hybridized carbons (Fsp3) is 0.353. The van der Waals surface area contributed by atoms with Gasteiger partial charge in [0.1, 0.15) is 11.5 Å². The molecule has 0 bridgehead atoms. The largest absolute Gasteiger partial charge is 0.466 e. The molecule has 0 aliphatic carbocycles. The Balaban J connectivity index is 2.04. The summed E-state index contributed by atoms with van der Waals surface area (Å²) in [6, 6.07) is 5.93. The third kappa shape index (κ3) is 2.36. The Bertz CT molecular complexity index is 718. The number of benzene rings is 1. The van der Waals surface area contributed by atoms with Crippen molar-refractivity contribution in [2.45, 2.75) is 32.6 Å². The zero-order valence-corrected chi connectivity index (χ0v) is 13.2. The van der Waals surface area contributed by atoms with E-state index in [1.165, 1.54) is 0 Å². The molecule has 1 aliphatic rings. The summed E-state index contributed by atoms with van der Waals surface area (Å²) >= 11 is 6.65. The van der Waals surface area contributed by atoms with Gasteiger partial charge >= 0.3 is 0 Å². The lowest BCUT2D eigenvalue weighted by Gasteiger charge is -2.19. The van der Waals surface area contributed by atoms with Crippen LogP contribution >= 0.6 is 11.6 Å². The summed E-state index contributed by atoms with van der Waals surface area (Å²) in [6.45, 7) is 6.59. The maximum atomic E-state index is 12.0. The standard InChI is InChI=1S/C17H18ClNO2/c1-9-10(2)21-11(3)15(9)16(18)13-5-4-12-6-7-19-17(20)14(12)8-13/h4-5,8,16H,6-7H2,1-3H3,(H,19,20). The minimum atomic E-state index is -0.303. The second-order valence-corrected chi connectivity index (χ2v) is 5.97. The summed E-state index contributed by atoms with van der Waals surface area (Å²) in [5, 5.41) is 2.57. The van der Waals surface area contributed by atoms with Gasteiger partial charge in [0.2, 0.25) is 0 Å². The van der Waals surface area contributed by atoms with Gasteiger partial charge in [-0.2, -0.15) is 0 Å². The third-order valence-corrected chi connectivity index (χ3v) is 4.69. The highest BCUT2D eigenvalue weighted by Gasteiger charge is 2.23. The average molecular weight is 304 g/mol. The van der Waals surface area contributed by atoms with Gasteiger partial charge in [0.15, 0.2) is 0 Å². The quantitative estimate of drug-likeness (QED) is 0.857. The predicted molar refractivity (Wildman–Crippen MR) is 83.1 cm³/mol. The first-order chi connectivity index (χ1) is 9.99. The number of halogens is 1. The van der Waals surface area contributed by atoms with Gasteiger partial charge in [0.05, 0.1) is 5.38 Å². The Morgan fingerprint density at radius 3 is 2.67 bits per heavy atom. The summed E-state index contributed by atoms with van der Waals surface area (Å²) in [4.78, 5) is 12.0. The van der Waals surface area contributed by atoms with Gasteiger partial charge in [0, 0.05) is 17.7 Å². The zero-order chi connectivity index (χ0) is 15.1. The van der Waals surface area contributed by atoms with Crippen molar-refractivity contribution in [3.8, 4) is 0 Å². The van der Waals surface area contributed by atoms with Crippen LogP contribution in [0.4, 0.5) is 0 Å². The van der Waals surface area contributed by atoms with Crippen LogP contribution in [0.5, 0.6) is 0 Å². The molecule has 0 saturated heterocycles. The normalized spacial score (nSPS) is 15.5. The van der Waals surface area contributed by atoms with Gasteiger partial charge in [-0.1, -0.05) is 12.1 Å². The van der Waals surface area contributed by atoms with Gasteiger partial charge in [-0.15, -0.1) is 11.6 Å². The van der Waals surface area contributed by atoms with E-state index in [0.29, 0.717) is 6.54 Å². The molecule has 1 aliphatic heterocycles. The van der Waals surface area contributed by atoms with Crippen molar-refractivity contribution in [1.82, 2.24) is 5.32 Å². The van der Waals surface area contributed by atoms with Crippen molar-refractivity contribution < 1.29 is 9.21 Å². The van der Waals surface area contributed by atoms with Crippen LogP contribution in [0.15, 0.2) is 22.6 Å². The molecule has 1 unspecified atom stereocenters. The first-order valence-electron chi connectivity index (χ1n) is 7.10. The molecule has 4 heteroatoms. The number of hydrogen-bond acceptors (Lipinski definition) is 2. The monoisotopic (exact) mass is 303 g/mol. The lowest BCUT2D eigenvalue weighted by molar-refractivity contribution is 0.0946. The molecule has 1 atom stereocenters. The lowest BCUT2D eigenvalue weighted by atomic mass is 9.94. The van der Waals surface area contributed by atoms with Crippen LogP contribution in [0.25, 0.3) is 0 Å². The number of hydrogen-bond donors (Lipinski definition) is 1. The maximum absolute atomic E-state index is 12.0. The van der Waals surface area contributed by atoms with Crippen LogP contribution in [-0.2, 0) is 6.42 Å². The first kappa shape index (κ1) is 14.2. The number of rotatable bonds is 2. The minimum Gasteiger partial charge on any atom is -0.466 e. The fourth-order valence-corrected chi connectivity index (χ4v) is 3.39. The number of aryl methyl sites for hydroxylation is 2. The summed E-state index contributed by atoms with van der Waals surface area (Å²) in [5.41, 5.74) is 4.84. The van der Waals surface area contributed by atoms with Crippen molar-refractivity contribution in [2.24, 2.45) is 0 Å². The Labute approximate surface area is 129 Å². The lowest BCUT2D eigenvalue weighted by Crippen LogP contribution is -2.31. The Hall–Kier alpha value is -1.74. The van der Waals surface area contributed by atoms with Crippen molar-refractivity contribution in [1.29, 1.82) is 0 Å². The molecule has 2 heterocycles. The van der Waals surface area contributed by atoms with E-state index in [-0.39, 0.29) is 11.3 Å². The topological polar surface area (TPSA) is 42.2 Å². The molecule has 1 N–H and O–H groups in total. The van der Waals surface area contributed by atoms with E-state index in [2.05, 4.69) is 5.32 Å². The van der Waals surface area contributed by atoms with E-state index in [4.69, 9.17) is 16.0 Å². The van der Waals surface area contributed by atoms with Gasteiger partial charge in [-0.25, -0.2) is 0 Å². The van der Waals surface area contributed by atoms with Crippen molar-refractivity contribution in [3.63, 3.8) is 0 Å². The molecule has 0 spiro atoms. The van der Waals surface area contributed by atoms with E-state index >= 15 is 0 Å². The first-order valence-corrected chi connectivity index (χ1v) is 7.54. The third-order valence-electron chi connectivity index (χ3n) is 4.22. The predicted octanol–water partition coefficient (Wildman–Crippen LogP) is 3.82. The van der Waals surface area contributed by atoms with Crippen LogP contribution in [0.2, 0.25) is 0 Å². The second kappa shape index (κ2) is 5.23. The summed E-state index contributed by atoms with van der Waals surface area (Å²) in [6.07, 6.45) is 0.872. The van der Waals surface area contributed by atoms with Crippen molar-refractivity contribution in [3.05, 3.63) is 57.5 Å². The fourth-order valence-electron chi connectivity index (χ4n) is 2.94. The minimum absolute atomic E-state index is 0.0150. The highest BCUT2D eigenvalue weighted by molar-refractivity contribution is 6.23. The van der Waals surface area contributed by atoms with E-state index in [0.717, 1.165) is 45.8 Å². The summed E-state index contributed by atoms with van der Waals surface area (Å²) in [7, 11) is 0. The van der Waals surface area contributed by atoms with Gasteiger partial charge in [-0.3, -0.25) is 4.79 Å². The van der Waals surface area contributed by atoms with E-state index < -0.39 is 0 Å². The number of carbonyl (C=O) groups is 1. The molecule has 0 radical (unpaired) electrons. The van der Waals surface area contributed by atoms with Crippen molar-refractivity contribution >= 4 is 17.5 Å². The SMILES string of the molecule is Cc1oc(C)c(C(Cl)c2ccc3c(c2)C(=O)NCC3)c1C. The molecule has 0 saturated carbocycles. The molecule has 0 fully saturated rings. The van der Waals surface area contributed by atoms with Crippen LogP contribution in [0.1, 0.15) is 49.5 Å². The summed E-state index contributed by atoms with van der Waals surface area (Å²) < 4.78 is 5.66. The van der Waals surface area contributed by atoms with Crippen LogP contribution in [0, 0.1) is 20.8 Å². The highest BCUT2D eigenvalue weighted by atomic mass is 35.5. The van der Waals surface area contributed by atoms with Crippen LogP contribution in [-0.4, -0.2) is 12.5 Å². The Kier molecular flexibility index (Phi) is 3.54. The number of fused-ring (bicyclic) bond motifs is 1. The van der Waals surface area contributed by atoms with Crippen LogP contribution < -0.4 is 5.32 Å². The van der Waals surface area contributed by atoms with Gasteiger partial charge in [-0.05, 0) is 49.9 Å². The molecule has 3 rings (SSSR count).